The molecule has 1 N–H and O–H groups in total. The lowest BCUT2D eigenvalue weighted by Gasteiger charge is -2.30. The van der Waals surface area contributed by atoms with Crippen molar-refractivity contribution in [2.24, 2.45) is 0 Å². The smallest absolute Gasteiger partial charge is 0.387 e. The first kappa shape index (κ1) is 13.4. The molecule has 0 heterocycles. The lowest BCUT2D eigenvalue weighted by molar-refractivity contribution is -0.462. The van der Waals surface area contributed by atoms with Gasteiger partial charge in [-0.05, 0) is 6.92 Å². The van der Waals surface area contributed by atoms with E-state index in [4.69, 9.17) is 5.11 Å². The van der Waals surface area contributed by atoms with Crippen LogP contribution < -0.4 is 0 Å². The van der Waals surface area contributed by atoms with Crippen molar-refractivity contribution < 1.29 is 40.6 Å². The van der Waals surface area contributed by atoms with E-state index in [-0.39, 0.29) is 6.92 Å². The van der Waals surface area contributed by atoms with Crippen LogP contribution in [0.2, 0.25) is 0 Å². The average Bonchev–Trinajstić information content (AvgIpc) is 1.79. The van der Waals surface area contributed by atoms with E-state index in [1.807, 2.05) is 0 Å². The van der Waals surface area contributed by atoms with Gasteiger partial charge in [0.2, 0.25) is 0 Å². The molecule has 0 rings (SSSR count). The highest BCUT2D eigenvalue weighted by molar-refractivity contribution is 4.83. The maximum absolute atomic E-state index is 12.6. The summed E-state index contributed by atoms with van der Waals surface area (Å²) in [6.07, 6.45) is -14.8. The zero-order valence-electron chi connectivity index (χ0n) is 6.58. The van der Waals surface area contributed by atoms with Gasteiger partial charge in [0.05, 0.1) is 0 Å². The lowest BCUT2D eigenvalue weighted by atomic mass is 10.2. The highest BCUT2D eigenvalue weighted by atomic mass is 19.4. The van der Waals surface area contributed by atoms with Gasteiger partial charge in [-0.15, -0.1) is 13.2 Å². The molecule has 0 aromatic rings. The number of alkyl halides is 7. The summed E-state index contributed by atoms with van der Waals surface area (Å²) in [4.78, 5) is 0. The lowest BCUT2D eigenvalue weighted by Crippen LogP contribution is -2.54. The SMILES string of the molecule is CC(O)C(F)(OC(F)(F)F)C(F)(F)F. The highest BCUT2D eigenvalue weighted by Crippen LogP contribution is 2.41. The van der Waals surface area contributed by atoms with Crippen LogP contribution in [0, 0.1) is 0 Å². The number of aliphatic hydroxyl groups is 1. The molecule has 14 heavy (non-hydrogen) atoms. The first-order valence-corrected chi connectivity index (χ1v) is 3.11. The maximum Gasteiger partial charge on any atom is 0.525 e. The van der Waals surface area contributed by atoms with Crippen LogP contribution in [0.3, 0.4) is 0 Å². The summed E-state index contributed by atoms with van der Waals surface area (Å²) in [5.74, 6) is -5.15. The molecule has 86 valence electrons. The van der Waals surface area contributed by atoms with E-state index < -0.39 is 24.5 Å². The minimum absolute atomic E-state index is 0.194. The summed E-state index contributed by atoms with van der Waals surface area (Å²) >= 11 is 0. The Morgan fingerprint density at radius 2 is 1.36 bits per heavy atom. The molecule has 0 saturated carbocycles. The Morgan fingerprint density at radius 1 is 1.00 bits per heavy atom. The third-order valence-electron chi connectivity index (χ3n) is 1.19. The predicted molar refractivity (Wildman–Crippen MR) is 28.7 cm³/mol. The number of rotatable bonds is 2. The second kappa shape index (κ2) is 3.54. The van der Waals surface area contributed by atoms with Crippen molar-refractivity contribution in [3.63, 3.8) is 0 Å². The van der Waals surface area contributed by atoms with Crippen molar-refractivity contribution in [2.75, 3.05) is 0 Å². The number of hydrogen-bond donors (Lipinski definition) is 1. The number of hydrogen-bond acceptors (Lipinski definition) is 2. The van der Waals surface area contributed by atoms with E-state index in [9.17, 15) is 30.7 Å². The molecule has 0 bridgehead atoms. The van der Waals surface area contributed by atoms with Gasteiger partial charge in [-0.1, -0.05) is 0 Å². The Balaban J connectivity index is 4.94. The van der Waals surface area contributed by atoms with Gasteiger partial charge >= 0.3 is 18.4 Å². The largest absolute Gasteiger partial charge is 0.525 e. The molecule has 0 aromatic carbocycles. The van der Waals surface area contributed by atoms with Crippen molar-refractivity contribution in [1.82, 2.24) is 0 Å². The van der Waals surface area contributed by atoms with E-state index >= 15 is 0 Å². The normalized spacial score (nSPS) is 20.4. The summed E-state index contributed by atoms with van der Waals surface area (Å²) in [5.41, 5.74) is 0. The first-order valence-electron chi connectivity index (χ1n) is 3.11. The van der Waals surface area contributed by atoms with Gasteiger partial charge in [0.1, 0.15) is 6.10 Å². The second-order valence-electron chi connectivity index (χ2n) is 2.37. The van der Waals surface area contributed by atoms with Gasteiger partial charge in [0.15, 0.2) is 0 Å². The van der Waals surface area contributed by atoms with Crippen molar-refractivity contribution in [1.29, 1.82) is 0 Å². The van der Waals surface area contributed by atoms with Crippen LogP contribution in [0.15, 0.2) is 0 Å². The van der Waals surface area contributed by atoms with Crippen molar-refractivity contribution in [3.05, 3.63) is 0 Å². The van der Waals surface area contributed by atoms with E-state index in [1.54, 1.807) is 0 Å². The second-order valence-corrected chi connectivity index (χ2v) is 2.37. The number of ether oxygens (including phenoxy) is 1. The van der Waals surface area contributed by atoms with E-state index in [2.05, 4.69) is 4.74 Å². The van der Waals surface area contributed by atoms with Crippen LogP contribution in [-0.4, -0.2) is 29.6 Å². The van der Waals surface area contributed by atoms with Crippen LogP contribution in [0.4, 0.5) is 30.7 Å². The molecule has 2 unspecified atom stereocenters. The molecule has 2 atom stereocenters. The fourth-order valence-corrected chi connectivity index (χ4v) is 0.548. The van der Waals surface area contributed by atoms with Crippen LogP contribution in [-0.2, 0) is 4.74 Å². The standard InChI is InChI=1S/C5H5F7O2/c1-2(13)3(6,4(7,8)9)14-5(10,11)12/h2,13H,1H3. The fourth-order valence-electron chi connectivity index (χ4n) is 0.548. The van der Waals surface area contributed by atoms with Crippen LogP contribution >= 0.6 is 0 Å². The van der Waals surface area contributed by atoms with Crippen LogP contribution in [0.1, 0.15) is 6.92 Å². The monoisotopic (exact) mass is 230 g/mol. The van der Waals surface area contributed by atoms with Gasteiger partial charge in [-0.2, -0.15) is 17.6 Å². The Morgan fingerprint density at radius 3 is 1.43 bits per heavy atom. The molecule has 0 saturated heterocycles. The van der Waals surface area contributed by atoms with Gasteiger partial charge in [-0.3, -0.25) is 0 Å². The Kier molecular flexibility index (Phi) is 3.39. The van der Waals surface area contributed by atoms with E-state index in [0.29, 0.717) is 0 Å². The summed E-state index contributed by atoms with van der Waals surface area (Å²) in [5, 5.41) is 8.25. The molecule has 0 aliphatic heterocycles. The topological polar surface area (TPSA) is 29.5 Å². The van der Waals surface area contributed by atoms with Gasteiger partial charge in [-0.25, -0.2) is 4.74 Å². The average molecular weight is 230 g/mol. The third kappa shape index (κ3) is 2.98. The van der Waals surface area contributed by atoms with Crippen molar-refractivity contribution >= 4 is 0 Å². The van der Waals surface area contributed by atoms with Crippen molar-refractivity contribution in [2.45, 2.75) is 31.4 Å². The van der Waals surface area contributed by atoms with E-state index in [0.717, 1.165) is 0 Å². The molecule has 0 fully saturated rings. The molecule has 2 nitrogen and oxygen atoms in total. The summed E-state index contributed by atoms with van der Waals surface area (Å²) < 4.78 is 84.1. The van der Waals surface area contributed by atoms with Gasteiger partial charge in [0, 0.05) is 0 Å². The van der Waals surface area contributed by atoms with Gasteiger partial charge < -0.3 is 5.11 Å². The zero-order chi connectivity index (χ0) is 11.8. The molecular formula is C5H5F7O2. The Hall–Kier alpha value is -0.570. The van der Waals surface area contributed by atoms with Crippen LogP contribution in [0.5, 0.6) is 0 Å². The molecule has 0 radical (unpaired) electrons. The quantitative estimate of drug-likeness (QED) is 0.736. The molecular weight excluding hydrogens is 225 g/mol. The van der Waals surface area contributed by atoms with Crippen LogP contribution in [0.25, 0.3) is 0 Å². The molecule has 0 spiro atoms. The third-order valence-corrected chi connectivity index (χ3v) is 1.19. The zero-order valence-corrected chi connectivity index (χ0v) is 6.58. The number of halogens is 7. The molecule has 0 aliphatic carbocycles. The van der Waals surface area contributed by atoms with Crippen molar-refractivity contribution in [3.8, 4) is 0 Å². The Labute approximate surface area is 73.3 Å². The number of aliphatic hydroxyl groups excluding tert-OH is 1. The Bertz CT molecular complexity index is 195. The fraction of sp³-hybridized carbons (Fsp3) is 1.00. The predicted octanol–water partition coefficient (Wildman–Crippen LogP) is 2.13. The first-order chi connectivity index (χ1) is 5.90. The summed E-state index contributed by atoms with van der Waals surface area (Å²) in [6, 6.07) is 0. The summed E-state index contributed by atoms with van der Waals surface area (Å²) in [6.45, 7) is 0.194. The molecule has 0 aliphatic rings. The highest BCUT2D eigenvalue weighted by Gasteiger charge is 2.65. The van der Waals surface area contributed by atoms with E-state index in [1.165, 1.54) is 0 Å². The minimum Gasteiger partial charge on any atom is -0.387 e. The molecule has 0 aromatic heterocycles. The minimum atomic E-state index is -5.98. The van der Waals surface area contributed by atoms with Gasteiger partial charge in [0.25, 0.3) is 0 Å². The molecule has 9 heteroatoms. The maximum atomic E-state index is 12.6. The molecule has 0 amide bonds. The summed E-state index contributed by atoms with van der Waals surface area (Å²) in [7, 11) is 0.